The van der Waals surface area contributed by atoms with Gasteiger partial charge in [-0.3, -0.25) is 9.69 Å². The Labute approximate surface area is 137 Å². The van der Waals surface area contributed by atoms with E-state index < -0.39 is 5.60 Å². The highest BCUT2D eigenvalue weighted by Crippen LogP contribution is 2.27. The first kappa shape index (κ1) is 17.6. The number of amides is 1. The molecule has 128 valence electrons. The molecule has 0 bridgehead atoms. The molecule has 1 aromatic rings. The predicted octanol–water partition coefficient (Wildman–Crippen LogP) is 1.11. The fourth-order valence-electron chi connectivity index (χ4n) is 2.81. The number of phenolic OH excluding ortho intramolecular Hbond substituents is 1. The van der Waals surface area contributed by atoms with Crippen molar-refractivity contribution in [3.8, 4) is 11.5 Å². The number of nitrogens with zero attached hydrogens (tertiary/aromatic N) is 1. The van der Waals surface area contributed by atoms with Gasteiger partial charge in [-0.05, 0) is 50.9 Å². The molecule has 0 saturated carbocycles. The Balaban J connectivity index is 1.86. The Morgan fingerprint density at radius 2 is 2.22 bits per heavy atom. The average molecular weight is 322 g/mol. The molecule has 1 unspecified atom stereocenters. The number of carbonyl (C=O) groups is 1. The van der Waals surface area contributed by atoms with E-state index in [0.717, 1.165) is 30.8 Å². The molecule has 1 saturated heterocycles. The molecule has 0 aromatic heterocycles. The number of aliphatic hydroxyl groups is 1. The van der Waals surface area contributed by atoms with Gasteiger partial charge in [0.15, 0.2) is 0 Å². The molecule has 6 heteroatoms. The van der Waals surface area contributed by atoms with Gasteiger partial charge in [-0.25, -0.2) is 0 Å². The van der Waals surface area contributed by atoms with Gasteiger partial charge in [0.1, 0.15) is 17.1 Å². The minimum Gasteiger partial charge on any atom is -0.508 e. The van der Waals surface area contributed by atoms with Crippen molar-refractivity contribution in [2.24, 2.45) is 5.92 Å². The smallest absolute Gasteiger partial charge is 0.251 e. The van der Waals surface area contributed by atoms with Crippen LogP contribution in [-0.4, -0.2) is 53.4 Å². The third-order valence-electron chi connectivity index (χ3n) is 4.13. The van der Waals surface area contributed by atoms with Gasteiger partial charge >= 0.3 is 0 Å². The van der Waals surface area contributed by atoms with Gasteiger partial charge in [-0.1, -0.05) is 0 Å². The average Bonchev–Trinajstić information content (AvgIpc) is 2.91. The fourth-order valence-corrected chi connectivity index (χ4v) is 2.81. The number of likely N-dealkylation sites (tertiary alicyclic amines) is 1. The van der Waals surface area contributed by atoms with Crippen LogP contribution in [0.1, 0.15) is 25.8 Å². The second kappa shape index (κ2) is 7.19. The summed E-state index contributed by atoms with van der Waals surface area (Å²) < 4.78 is 5.33. The molecule has 0 spiro atoms. The molecule has 1 aliphatic heterocycles. The molecule has 1 aromatic carbocycles. The zero-order valence-electron chi connectivity index (χ0n) is 14.0. The number of hydrogen-bond acceptors (Lipinski definition) is 5. The normalized spacial score (nSPS) is 18.9. The van der Waals surface area contributed by atoms with Gasteiger partial charge in [0.2, 0.25) is 0 Å². The highest BCUT2D eigenvalue weighted by Gasteiger charge is 2.27. The highest BCUT2D eigenvalue weighted by molar-refractivity contribution is 5.83. The third kappa shape index (κ3) is 4.84. The third-order valence-corrected chi connectivity index (χ3v) is 4.13. The van der Waals surface area contributed by atoms with Crippen LogP contribution in [0.3, 0.4) is 0 Å². The van der Waals surface area contributed by atoms with E-state index in [2.05, 4.69) is 10.2 Å². The van der Waals surface area contributed by atoms with Crippen molar-refractivity contribution in [1.82, 2.24) is 10.2 Å². The number of methoxy groups -OCH3 is 1. The number of carbonyl (C=O) groups excluding carboxylic acids is 1. The summed E-state index contributed by atoms with van der Waals surface area (Å²) in [6.45, 7) is 6.03. The quantitative estimate of drug-likeness (QED) is 0.731. The number of rotatable bonds is 6. The summed E-state index contributed by atoms with van der Waals surface area (Å²) in [5, 5.41) is 22.1. The second-order valence-corrected chi connectivity index (χ2v) is 6.66. The van der Waals surface area contributed by atoms with Crippen LogP contribution >= 0.6 is 0 Å². The highest BCUT2D eigenvalue weighted by atomic mass is 16.5. The summed E-state index contributed by atoms with van der Waals surface area (Å²) >= 11 is 0. The number of hydrogen-bond donors (Lipinski definition) is 3. The lowest BCUT2D eigenvalue weighted by molar-refractivity contribution is -0.136. The predicted molar refractivity (Wildman–Crippen MR) is 87.4 cm³/mol. The van der Waals surface area contributed by atoms with Crippen LogP contribution in [0.5, 0.6) is 11.5 Å². The molecular formula is C17H26N2O4. The van der Waals surface area contributed by atoms with Crippen molar-refractivity contribution >= 4 is 5.91 Å². The standard InChI is InChI=1S/C17H26N2O4/c1-17(2,22)16(21)18-9-12-6-7-19(10-12)11-13-8-14(20)4-5-15(13)23-3/h4-5,8,12,20,22H,6-7,9-11H2,1-3H3,(H,18,21). The summed E-state index contributed by atoms with van der Waals surface area (Å²) in [6, 6.07) is 5.10. The lowest BCUT2D eigenvalue weighted by atomic mass is 10.1. The minimum absolute atomic E-state index is 0.231. The lowest BCUT2D eigenvalue weighted by Crippen LogP contribution is -2.44. The molecule has 23 heavy (non-hydrogen) atoms. The first-order valence-electron chi connectivity index (χ1n) is 7.88. The van der Waals surface area contributed by atoms with Gasteiger partial charge in [0, 0.05) is 25.2 Å². The van der Waals surface area contributed by atoms with Crippen LogP contribution in [0.25, 0.3) is 0 Å². The number of aromatic hydroxyl groups is 1. The van der Waals surface area contributed by atoms with Crippen molar-refractivity contribution < 1.29 is 19.7 Å². The molecule has 0 radical (unpaired) electrons. The fraction of sp³-hybridized carbons (Fsp3) is 0.588. The van der Waals surface area contributed by atoms with Gasteiger partial charge in [0.25, 0.3) is 5.91 Å². The summed E-state index contributed by atoms with van der Waals surface area (Å²) in [7, 11) is 1.62. The van der Waals surface area contributed by atoms with Crippen molar-refractivity contribution in [2.45, 2.75) is 32.4 Å². The molecule has 1 atom stereocenters. The minimum atomic E-state index is -1.34. The van der Waals surface area contributed by atoms with E-state index in [1.54, 1.807) is 25.3 Å². The molecule has 1 amide bonds. The molecule has 6 nitrogen and oxygen atoms in total. The molecule has 3 N–H and O–H groups in total. The van der Waals surface area contributed by atoms with Gasteiger partial charge in [0.05, 0.1) is 7.11 Å². The van der Waals surface area contributed by atoms with Crippen LogP contribution in [0.2, 0.25) is 0 Å². The van der Waals surface area contributed by atoms with E-state index in [-0.39, 0.29) is 11.7 Å². The zero-order chi connectivity index (χ0) is 17.0. The Hall–Kier alpha value is -1.79. The van der Waals surface area contributed by atoms with Crippen LogP contribution in [-0.2, 0) is 11.3 Å². The molecular weight excluding hydrogens is 296 g/mol. The lowest BCUT2D eigenvalue weighted by Gasteiger charge is -2.20. The topological polar surface area (TPSA) is 82.0 Å². The maximum absolute atomic E-state index is 11.7. The largest absolute Gasteiger partial charge is 0.508 e. The number of benzene rings is 1. The Bertz CT molecular complexity index is 554. The molecule has 1 heterocycles. The van der Waals surface area contributed by atoms with Gasteiger partial charge in [-0.15, -0.1) is 0 Å². The molecule has 0 aliphatic carbocycles. The Morgan fingerprint density at radius 1 is 1.48 bits per heavy atom. The molecule has 1 fully saturated rings. The van der Waals surface area contributed by atoms with Crippen molar-refractivity contribution in [3.63, 3.8) is 0 Å². The van der Waals surface area contributed by atoms with E-state index in [4.69, 9.17) is 4.74 Å². The first-order chi connectivity index (χ1) is 10.8. The summed E-state index contributed by atoms with van der Waals surface area (Å²) in [4.78, 5) is 14.0. The van der Waals surface area contributed by atoms with E-state index in [1.165, 1.54) is 13.8 Å². The van der Waals surface area contributed by atoms with E-state index in [0.29, 0.717) is 19.0 Å². The molecule has 1 aliphatic rings. The Kier molecular flexibility index (Phi) is 5.49. The summed E-state index contributed by atoms with van der Waals surface area (Å²) in [6.07, 6.45) is 0.993. The van der Waals surface area contributed by atoms with E-state index >= 15 is 0 Å². The van der Waals surface area contributed by atoms with Crippen molar-refractivity contribution in [3.05, 3.63) is 23.8 Å². The maximum atomic E-state index is 11.7. The van der Waals surface area contributed by atoms with E-state index in [1.807, 2.05) is 0 Å². The van der Waals surface area contributed by atoms with Crippen LogP contribution in [0.15, 0.2) is 18.2 Å². The van der Waals surface area contributed by atoms with Gasteiger partial charge < -0.3 is 20.3 Å². The monoisotopic (exact) mass is 322 g/mol. The number of nitrogens with one attached hydrogen (secondary N) is 1. The van der Waals surface area contributed by atoms with Crippen LogP contribution < -0.4 is 10.1 Å². The zero-order valence-corrected chi connectivity index (χ0v) is 14.0. The van der Waals surface area contributed by atoms with Crippen molar-refractivity contribution in [1.29, 1.82) is 0 Å². The van der Waals surface area contributed by atoms with E-state index in [9.17, 15) is 15.0 Å². The maximum Gasteiger partial charge on any atom is 0.251 e. The number of ether oxygens (including phenoxy) is 1. The second-order valence-electron chi connectivity index (χ2n) is 6.66. The van der Waals surface area contributed by atoms with Crippen LogP contribution in [0, 0.1) is 5.92 Å². The SMILES string of the molecule is COc1ccc(O)cc1CN1CCC(CNC(=O)C(C)(C)O)C1. The van der Waals surface area contributed by atoms with Crippen molar-refractivity contribution in [2.75, 3.05) is 26.7 Å². The van der Waals surface area contributed by atoms with Gasteiger partial charge in [-0.2, -0.15) is 0 Å². The molecule has 2 rings (SSSR count). The van der Waals surface area contributed by atoms with Crippen LogP contribution in [0.4, 0.5) is 0 Å². The summed E-state index contributed by atoms with van der Waals surface area (Å²) in [5.41, 5.74) is -0.388. The number of phenols is 1. The first-order valence-corrected chi connectivity index (χ1v) is 7.88. The Morgan fingerprint density at radius 3 is 2.87 bits per heavy atom. The summed E-state index contributed by atoms with van der Waals surface area (Å²) in [5.74, 6) is 1.02.